The minimum atomic E-state index is -1.13. The SMILES string of the molecule is O=C(NCCN1CCCCC1)c1ccnc(C(=O)O)c1. The molecule has 20 heavy (non-hydrogen) atoms. The number of hydrogen-bond donors (Lipinski definition) is 2. The summed E-state index contributed by atoms with van der Waals surface area (Å²) in [5.74, 6) is -1.39. The molecule has 0 unspecified atom stereocenters. The van der Waals surface area contributed by atoms with E-state index in [0.717, 1.165) is 19.6 Å². The number of nitrogens with zero attached hydrogens (tertiary/aromatic N) is 2. The largest absolute Gasteiger partial charge is 0.477 e. The Morgan fingerprint density at radius 1 is 1.30 bits per heavy atom. The van der Waals surface area contributed by atoms with Gasteiger partial charge in [-0.05, 0) is 38.1 Å². The molecule has 1 fully saturated rings. The number of rotatable bonds is 5. The number of hydrogen-bond acceptors (Lipinski definition) is 4. The Kier molecular flexibility index (Phi) is 5.06. The fraction of sp³-hybridized carbons (Fsp3) is 0.500. The van der Waals surface area contributed by atoms with E-state index in [9.17, 15) is 9.59 Å². The van der Waals surface area contributed by atoms with Crippen LogP contribution in [0.25, 0.3) is 0 Å². The average molecular weight is 277 g/mol. The molecule has 0 bridgehead atoms. The number of carbonyl (C=O) groups is 2. The number of pyridine rings is 1. The number of carboxylic acids is 1. The molecule has 0 aliphatic carbocycles. The first kappa shape index (κ1) is 14.5. The van der Waals surface area contributed by atoms with Crippen molar-refractivity contribution in [2.75, 3.05) is 26.2 Å². The first-order chi connectivity index (χ1) is 9.66. The summed E-state index contributed by atoms with van der Waals surface area (Å²) in [4.78, 5) is 28.7. The molecule has 0 radical (unpaired) electrons. The maximum atomic E-state index is 11.9. The number of piperidine rings is 1. The van der Waals surface area contributed by atoms with Crippen LogP contribution in [0.4, 0.5) is 0 Å². The molecule has 0 atom stereocenters. The van der Waals surface area contributed by atoms with Gasteiger partial charge in [0.2, 0.25) is 0 Å². The molecule has 0 saturated carbocycles. The van der Waals surface area contributed by atoms with Gasteiger partial charge in [0.05, 0.1) is 0 Å². The summed E-state index contributed by atoms with van der Waals surface area (Å²) in [7, 11) is 0. The van der Waals surface area contributed by atoms with Gasteiger partial charge < -0.3 is 15.3 Å². The van der Waals surface area contributed by atoms with Crippen LogP contribution in [0.15, 0.2) is 18.3 Å². The molecule has 6 nitrogen and oxygen atoms in total. The fourth-order valence-electron chi connectivity index (χ4n) is 2.30. The predicted molar refractivity (Wildman–Crippen MR) is 73.8 cm³/mol. The minimum absolute atomic E-state index is 0.117. The lowest BCUT2D eigenvalue weighted by Crippen LogP contribution is -2.37. The standard InChI is InChI=1S/C14H19N3O3/c18-13(11-4-5-15-12(10-11)14(19)20)16-6-9-17-7-2-1-3-8-17/h4-5,10H,1-3,6-9H2,(H,16,18)(H,19,20). The van der Waals surface area contributed by atoms with E-state index in [4.69, 9.17) is 5.11 Å². The van der Waals surface area contributed by atoms with E-state index in [2.05, 4.69) is 15.2 Å². The van der Waals surface area contributed by atoms with Crippen molar-refractivity contribution in [3.63, 3.8) is 0 Å². The molecule has 1 aliphatic heterocycles. The maximum Gasteiger partial charge on any atom is 0.354 e. The van der Waals surface area contributed by atoms with Crippen LogP contribution in [0.2, 0.25) is 0 Å². The Labute approximate surface area is 117 Å². The summed E-state index contributed by atoms with van der Waals surface area (Å²) >= 11 is 0. The number of amides is 1. The highest BCUT2D eigenvalue weighted by Crippen LogP contribution is 2.07. The molecular formula is C14H19N3O3. The Hall–Kier alpha value is -1.95. The van der Waals surface area contributed by atoms with Gasteiger partial charge in [-0.15, -0.1) is 0 Å². The Bertz CT molecular complexity index is 484. The van der Waals surface area contributed by atoms with Gasteiger partial charge in [-0.2, -0.15) is 0 Å². The van der Waals surface area contributed by atoms with Crippen LogP contribution >= 0.6 is 0 Å². The summed E-state index contributed by atoms with van der Waals surface area (Å²) in [6, 6.07) is 2.81. The van der Waals surface area contributed by atoms with Gasteiger partial charge in [0.25, 0.3) is 5.91 Å². The molecule has 1 aromatic heterocycles. The molecule has 108 valence electrons. The van der Waals surface area contributed by atoms with Gasteiger partial charge in [-0.3, -0.25) is 4.79 Å². The van der Waals surface area contributed by atoms with E-state index < -0.39 is 5.97 Å². The van der Waals surface area contributed by atoms with E-state index in [1.54, 1.807) is 0 Å². The highest BCUT2D eigenvalue weighted by Gasteiger charge is 2.12. The Balaban J connectivity index is 1.82. The van der Waals surface area contributed by atoms with E-state index in [1.807, 2.05) is 0 Å². The molecule has 1 aliphatic rings. The van der Waals surface area contributed by atoms with Crippen LogP contribution in [-0.2, 0) is 0 Å². The van der Waals surface area contributed by atoms with Crippen molar-refractivity contribution in [2.24, 2.45) is 0 Å². The average Bonchev–Trinajstić information content (AvgIpc) is 2.48. The molecule has 2 heterocycles. The van der Waals surface area contributed by atoms with Gasteiger partial charge in [0.15, 0.2) is 0 Å². The van der Waals surface area contributed by atoms with Gasteiger partial charge in [-0.1, -0.05) is 6.42 Å². The van der Waals surface area contributed by atoms with Crippen molar-refractivity contribution >= 4 is 11.9 Å². The van der Waals surface area contributed by atoms with Crippen LogP contribution in [0.1, 0.15) is 40.1 Å². The molecule has 1 amide bonds. The van der Waals surface area contributed by atoms with Gasteiger partial charge in [0.1, 0.15) is 5.69 Å². The topological polar surface area (TPSA) is 82.5 Å². The minimum Gasteiger partial charge on any atom is -0.477 e. The molecular weight excluding hydrogens is 258 g/mol. The van der Waals surface area contributed by atoms with Crippen molar-refractivity contribution in [2.45, 2.75) is 19.3 Å². The highest BCUT2D eigenvalue weighted by molar-refractivity contribution is 5.96. The summed E-state index contributed by atoms with van der Waals surface area (Å²) < 4.78 is 0. The number of aromatic nitrogens is 1. The zero-order valence-electron chi connectivity index (χ0n) is 11.3. The lowest BCUT2D eigenvalue weighted by atomic mass is 10.1. The quantitative estimate of drug-likeness (QED) is 0.839. The lowest BCUT2D eigenvalue weighted by Gasteiger charge is -2.26. The maximum absolute atomic E-state index is 11.9. The third-order valence-corrected chi connectivity index (χ3v) is 3.40. The molecule has 1 aromatic rings. The summed E-state index contributed by atoms with van der Waals surface area (Å²) in [6.45, 7) is 3.59. The fourth-order valence-corrected chi connectivity index (χ4v) is 2.30. The summed E-state index contributed by atoms with van der Waals surface area (Å²) in [5.41, 5.74) is 0.213. The van der Waals surface area contributed by atoms with Crippen molar-refractivity contribution in [1.82, 2.24) is 15.2 Å². The number of carbonyl (C=O) groups excluding carboxylic acids is 1. The number of nitrogens with one attached hydrogen (secondary N) is 1. The molecule has 0 aromatic carbocycles. The Morgan fingerprint density at radius 3 is 2.75 bits per heavy atom. The zero-order chi connectivity index (χ0) is 14.4. The normalized spacial score (nSPS) is 15.8. The van der Waals surface area contributed by atoms with Crippen molar-refractivity contribution in [3.05, 3.63) is 29.6 Å². The number of aromatic carboxylic acids is 1. The molecule has 2 N–H and O–H groups in total. The second kappa shape index (κ2) is 7.00. The van der Waals surface area contributed by atoms with E-state index in [0.29, 0.717) is 12.1 Å². The smallest absolute Gasteiger partial charge is 0.354 e. The second-order valence-corrected chi connectivity index (χ2v) is 4.89. The van der Waals surface area contributed by atoms with Gasteiger partial charge in [0, 0.05) is 24.8 Å². The summed E-state index contributed by atoms with van der Waals surface area (Å²) in [6.07, 6.45) is 5.07. The first-order valence-corrected chi connectivity index (χ1v) is 6.87. The van der Waals surface area contributed by atoms with Crippen LogP contribution < -0.4 is 5.32 Å². The molecule has 1 saturated heterocycles. The van der Waals surface area contributed by atoms with Crippen LogP contribution in [0.3, 0.4) is 0 Å². The predicted octanol–water partition coefficient (Wildman–Crippen LogP) is 0.995. The van der Waals surface area contributed by atoms with Gasteiger partial charge in [-0.25, -0.2) is 9.78 Å². The van der Waals surface area contributed by atoms with Crippen LogP contribution in [0.5, 0.6) is 0 Å². The van der Waals surface area contributed by atoms with Crippen LogP contribution in [0, 0.1) is 0 Å². The first-order valence-electron chi connectivity index (χ1n) is 6.87. The number of carboxylic acid groups (broad SMARTS) is 1. The highest BCUT2D eigenvalue weighted by atomic mass is 16.4. The van der Waals surface area contributed by atoms with Crippen molar-refractivity contribution in [1.29, 1.82) is 0 Å². The molecule has 2 rings (SSSR count). The number of likely N-dealkylation sites (tertiary alicyclic amines) is 1. The van der Waals surface area contributed by atoms with E-state index in [1.165, 1.54) is 37.6 Å². The van der Waals surface area contributed by atoms with Gasteiger partial charge >= 0.3 is 5.97 Å². The van der Waals surface area contributed by atoms with Crippen molar-refractivity contribution < 1.29 is 14.7 Å². The van der Waals surface area contributed by atoms with Crippen molar-refractivity contribution in [3.8, 4) is 0 Å². The van der Waals surface area contributed by atoms with E-state index >= 15 is 0 Å². The molecule has 6 heteroatoms. The van der Waals surface area contributed by atoms with E-state index in [-0.39, 0.29) is 11.6 Å². The lowest BCUT2D eigenvalue weighted by molar-refractivity contribution is 0.0690. The zero-order valence-corrected chi connectivity index (χ0v) is 11.3. The third-order valence-electron chi connectivity index (χ3n) is 3.40. The second-order valence-electron chi connectivity index (χ2n) is 4.89. The third kappa shape index (κ3) is 4.03. The molecule has 0 spiro atoms. The Morgan fingerprint density at radius 2 is 2.05 bits per heavy atom. The monoisotopic (exact) mass is 277 g/mol. The van der Waals surface area contributed by atoms with Crippen LogP contribution in [-0.4, -0.2) is 53.0 Å². The summed E-state index contributed by atoms with van der Waals surface area (Å²) in [5, 5.41) is 11.6.